The maximum Gasteiger partial charge on any atom is 0.338 e. The molecular formula is C29H40BrN3O4. The van der Waals surface area contributed by atoms with Crippen molar-refractivity contribution in [1.29, 1.82) is 0 Å². The van der Waals surface area contributed by atoms with E-state index in [0.29, 0.717) is 47.0 Å². The van der Waals surface area contributed by atoms with Crippen LogP contribution in [-0.2, 0) is 16.1 Å². The van der Waals surface area contributed by atoms with Crippen molar-refractivity contribution in [3.63, 3.8) is 0 Å². The number of anilines is 1. The summed E-state index contributed by atoms with van der Waals surface area (Å²) in [4.78, 5) is 27.8. The van der Waals surface area contributed by atoms with Gasteiger partial charge in [-0.3, -0.25) is 9.69 Å². The van der Waals surface area contributed by atoms with Gasteiger partial charge in [-0.25, -0.2) is 4.79 Å². The molecule has 2 aromatic rings. The van der Waals surface area contributed by atoms with Crippen molar-refractivity contribution < 1.29 is 19.1 Å². The molecule has 0 radical (unpaired) electrons. The predicted octanol–water partition coefficient (Wildman–Crippen LogP) is 5.66. The van der Waals surface area contributed by atoms with Crippen LogP contribution < -0.4 is 15.8 Å². The van der Waals surface area contributed by atoms with E-state index in [4.69, 9.17) is 15.2 Å². The van der Waals surface area contributed by atoms with Crippen LogP contribution in [0.2, 0.25) is 0 Å². The number of nitrogens with zero attached hydrogens (tertiary/aromatic N) is 1. The van der Waals surface area contributed by atoms with Crippen LogP contribution in [0.5, 0.6) is 5.75 Å². The van der Waals surface area contributed by atoms with Crippen molar-refractivity contribution in [1.82, 2.24) is 10.2 Å². The summed E-state index contributed by atoms with van der Waals surface area (Å²) in [5.74, 6) is -0.146. The molecular weight excluding hydrogens is 534 g/mol. The first-order valence-corrected chi connectivity index (χ1v) is 14.0. The molecule has 37 heavy (non-hydrogen) atoms. The summed E-state index contributed by atoms with van der Waals surface area (Å²) in [7, 11) is 1.59. The number of carbonyl (C=O) groups is 2. The molecule has 1 amide bonds. The van der Waals surface area contributed by atoms with Crippen molar-refractivity contribution in [3.8, 4) is 5.75 Å². The number of benzene rings is 2. The average Bonchev–Trinajstić information content (AvgIpc) is 2.93. The van der Waals surface area contributed by atoms with Crippen molar-refractivity contribution in [2.45, 2.75) is 70.9 Å². The highest BCUT2D eigenvalue weighted by atomic mass is 79.9. The summed E-state index contributed by atoms with van der Waals surface area (Å²) in [5, 5.41) is 2.92. The molecule has 1 unspecified atom stereocenters. The monoisotopic (exact) mass is 573 g/mol. The van der Waals surface area contributed by atoms with Gasteiger partial charge in [0.2, 0.25) is 5.91 Å². The van der Waals surface area contributed by atoms with Gasteiger partial charge >= 0.3 is 5.97 Å². The third-order valence-electron chi connectivity index (χ3n) is 7.17. The zero-order valence-corrected chi connectivity index (χ0v) is 23.8. The molecule has 0 spiro atoms. The summed E-state index contributed by atoms with van der Waals surface area (Å²) in [6.45, 7) is 6.30. The minimum atomic E-state index is -0.392. The molecule has 1 fully saturated rings. The fourth-order valence-electron chi connectivity index (χ4n) is 4.94. The highest BCUT2D eigenvalue weighted by molar-refractivity contribution is 9.10. The molecule has 3 rings (SSSR count). The van der Waals surface area contributed by atoms with Gasteiger partial charge in [0.25, 0.3) is 0 Å². The number of hydrogen-bond donors (Lipinski definition) is 2. The van der Waals surface area contributed by atoms with E-state index in [1.165, 1.54) is 32.1 Å². The van der Waals surface area contributed by atoms with Gasteiger partial charge < -0.3 is 20.5 Å². The van der Waals surface area contributed by atoms with E-state index in [-0.39, 0.29) is 18.4 Å². The molecule has 1 aliphatic rings. The number of carbonyl (C=O) groups excluding carboxylic acids is 2. The van der Waals surface area contributed by atoms with Crippen LogP contribution >= 0.6 is 15.9 Å². The Balaban J connectivity index is 1.50. The predicted molar refractivity (Wildman–Crippen MR) is 151 cm³/mol. The largest absolute Gasteiger partial charge is 0.496 e. The van der Waals surface area contributed by atoms with E-state index in [9.17, 15) is 9.59 Å². The van der Waals surface area contributed by atoms with Gasteiger partial charge in [0, 0.05) is 29.2 Å². The second kappa shape index (κ2) is 14.4. The summed E-state index contributed by atoms with van der Waals surface area (Å²) >= 11 is 3.52. The number of halogens is 1. The lowest BCUT2D eigenvalue weighted by Gasteiger charge is -2.34. The molecule has 0 saturated heterocycles. The molecule has 3 N–H and O–H groups in total. The summed E-state index contributed by atoms with van der Waals surface area (Å²) in [6, 6.07) is 11.6. The van der Waals surface area contributed by atoms with Gasteiger partial charge in [-0.1, -0.05) is 44.4 Å². The summed E-state index contributed by atoms with van der Waals surface area (Å²) < 4.78 is 11.6. The number of nitrogen functional groups attached to an aromatic ring is 1. The number of amides is 1. The quantitative estimate of drug-likeness (QED) is 0.193. The van der Waals surface area contributed by atoms with Gasteiger partial charge in [-0.2, -0.15) is 0 Å². The SMILES string of the molecule is CCN(Cc1cc(C(=O)OCCCNC(=O)C(C)c2ccccc2OC)cc(Br)c1N)C1CCCCC1. The van der Waals surface area contributed by atoms with Crippen LogP contribution in [-0.4, -0.2) is 49.6 Å². The third-order valence-corrected chi connectivity index (χ3v) is 7.83. The fourth-order valence-corrected chi connectivity index (χ4v) is 5.44. The Morgan fingerprint density at radius 1 is 1.19 bits per heavy atom. The first kappa shape index (κ1) is 29.0. The Labute approximate surface area is 229 Å². The summed E-state index contributed by atoms with van der Waals surface area (Å²) in [6.07, 6.45) is 6.80. The lowest BCUT2D eigenvalue weighted by Crippen LogP contribution is -2.36. The Morgan fingerprint density at radius 2 is 1.92 bits per heavy atom. The van der Waals surface area contributed by atoms with Gasteiger partial charge in [0.05, 0.1) is 30.9 Å². The lowest BCUT2D eigenvalue weighted by molar-refractivity contribution is -0.122. The highest BCUT2D eigenvalue weighted by Gasteiger charge is 2.22. The van der Waals surface area contributed by atoms with Crippen LogP contribution in [0.25, 0.3) is 0 Å². The van der Waals surface area contributed by atoms with Crippen molar-refractivity contribution in [2.24, 2.45) is 0 Å². The van der Waals surface area contributed by atoms with E-state index in [1.54, 1.807) is 13.2 Å². The van der Waals surface area contributed by atoms with E-state index < -0.39 is 5.97 Å². The molecule has 0 aromatic heterocycles. The molecule has 0 bridgehead atoms. The van der Waals surface area contributed by atoms with Crippen LogP contribution in [0, 0.1) is 0 Å². The lowest BCUT2D eigenvalue weighted by atomic mass is 9.93. The number of methoxy groups -OCH3 is 1. The molecule has 0 aliphatic heterocycles. The maximum absolute atomic E-state index is 12.8. The number of hydrogen-bond acceptors (Lipinski definition) is 6. The zero-order valence-electron chi connectivity index (χ0n) is 22.2. The molecule has 2 aromatic carbocycles. The Hall–Kier alpha value is -2.58. The average molecular weight is 575 g/mol. The van der Waals surface area contributed by atoms with Crippen LogP contribution in [0.15, 0.2) is 40.9 Å². The Kier molecular flexibility index (Phi) is 11.3. The van der Waals surface area contributed by atoms with Crippen molar-refractivity contribution in [3.05, 3.63) is 57.6 Å². The standard InChI is InChI=1S/C29H40BrN3O4/c1-4-33(23-11-6-5-7-12-23)19-22-17-21(18-25(30)27(22)31)29(35)37-16-10-15-32-28(34)20(2)24-13-8-9-14-26(24)36-3/h8-9,13-14,17-18,20,23H,4-7,10-12,15-16,19,31H2,1-3H3,(H,32,34). The van der Waals surface area contributed by atoms with E-state index in [2.05, 4.69) is 33.1 Å². The maximum atomic E-state index is 12.8. The van der Waals surface area contributed by atoms with Crippen molar-refractivity contribution in [2.75, 3.05) is 32.5 Å². The number of rotatable bonds is 12. The van der Waals surface area contributed by atoms with Gasteiger partial charge in [-0.15, -0.1) is 0 Å². The van der Waals surface area contributed by atoms with Crippen LogP contribution in [0.1, 0.15) is 79.8 Å². The molecule has 0 heterocycles. The van der Waals surface area contributed by atoms with E-state index in [1.807, 2.05) is 37.3 Å². The smallest absolute Gasteiger partial charge is 0.338 e. The second-order valence-electron chi connectivity index (χ2n) is 9.63. The van der Waals surface area contributed by atoms with Crippen LogP contribution in [0.4, 0.5) is 5.69 Å². The molecule has 1 saturated carbocycles. The van der Waals surface area contributed by atoms with E-state index in [0.717, 1.165) is 17.7 Å². The molecule has 1 aliphatic carbocycles. The normalized spacial score (nSPS) is 14.8. The first-order valence-electron chi connectivity index (χ1n) is 13.2. The summed E-state index contributed by atoms with van der Waals surface area (Å²) in [5.41, 5.74) is 9.28. The molecule has 202 valence electrons. The van der Waals surface area contributed by atoms with Gasteiger partial charge in [-0.05, 0) is 72.4 Å². The number of ether oxygens (including phenoxy) is 2. The van der Waals surface area contributed by atoms with Crippen LogP contribution in [0.3, 0.4) is 0 Å². The number of nitrogens with two attached hydrogens (primary N) is 1. The highest BCUT2D eigenvalue weighted by Crippen LogP contribution is 2.30. The zero-order chi connectivity index (χ0) is 26.8. The minimum absolute atomic E-state index is 0.0959. The topological polar surface area (TPSA) is 93.9 Å². The number of esters is 1. The first-order chi connectivity index (χ1) is 17.8. The fraction of sp³-hybridized carbons (Fsp3) is 0.517. The van der Waals surface area contributed by atoms with Gasteiger partial charge in [0.1, 0.15) is 5.75 Å². The Morgan fingerprint density at radius 3 is 2.62 bits per heavy atom. The molecule has 8 heteroatoms. The van der Waals surface area contributed by atoms with Crippen molar-refractivity contribution >= 4 is 33.5 Å². The Bertz CT molecular complexity index is 1060. The number of nitrogens with one attached hydrogen (secondary N) is 1. The minimum Gasteiger partial charge on any atom is -0.496 e. The second-order valence-corrected chi connectivity index (χ2v) is 10.5. The third kappa shape index (κ3) is 7.95. The molecule has 7 nitrogen and oxygen atoms in total. The number of para-hydroxylation sites is 1. The van der Waals surface area contributed by atoms with E-state index >= 15 is 0 Å². The van der Waals surface area contributed by atoms with Gasteiger partial charge in [0.15, 0.2) is 0 Å². The molecule has 1 atom stereocenters.